The molecule has 0 atom stereocenters. The summed E-state index contributed by atoms with van der Waals surface area (Å²) in [5.41, 5.74) is 2.73. The molecule has 1 aromatic carbocycles. The Labute approximate surface area is 162 Å². The molecule has 7 heteroatoms. The Bertz CT molecular complexity index is 804. The molecule has 2 N–H and O–H groups in total. The third-order valence-electron chi connectivity index (χ3n) is 3.87. The molecule has 0 saturated heterocycles. The number of nitrogens with one attached hydrogen (secondary N) is 2. The molecule has 1 heterocycles. The van der Waals surface area contributed by atoms with Gasteiger partial charge in [-0.05, 0) is 43.2 Å². The van der Waals surface area contributed by atoms with Crippen LogP contribution in [0.5, 0.6) is 0 Å². The van der Waals surface area contributed by atoms with Crippen molar-refractivity contribution in [2.45, 2.75) is 20.4 Å². The minimum Gasteiger partial charge on any atom is -0.307 e. The first-order valence-electron chi connectivity index (χ1n) is 8.13. The normalized spacial score (nSPS) is 10.6. The second kappa shape index (κ2) is 9.52. The summed E-state index contributed by atoms with van der Waals surface area (Å²) < 4.78 is 0.705. The lowest BCUT2D eigenvalue weighted by Gasteiger charge is -2.19. The van der Waals surface area contributed by atoms with Crippen LogP contribution < -0.4 is 10.6 Å². The van der Waals surface area contributed by atoms with E-state index in [1.165, 1.54) is 11.3 Å². The summed E-state index contributed by atoms with van der Waals surface area (Å²) in [4.78, 5) is 27.2. The van der Waals surface area contributed by atoms with E-state index in [0.29, 0.717) is 23.1 Å². The molecule has 3 amide bonds. The quantitative estimate of drug-likeness (QED) is 0.689. The van der Waals surface area contributed by atoms with Crippen molar-refractivity contribution < 1.29 is 9.59 Å². The van der Waals surface area contributed by atoms with Gasteiger partial charge in [0, 0.05) is 23.7 Å². The molecule has 0 aliphatic heterocycles. The number of rotatable bonds is 7. The van der Waals surface area contributed by atoms with Crippen LogP contribution in [-0.2, 0) is 11.3 Å². The van der Waals surface area contributed by atoms with Gasteiger partial charge in [0.05, 0.1) is 10.9 Å². The van der Waals surface area contributed by atoms with E-state index in [0.717, 1.165) is 16.0 Å². The van der Waals surface area contributed by atoms with Crippen molar-refractivity contribution >= 4 is 40.6 Å². The van der Waals surface area contributed by atoms with E-state index in [4.69, 9.17) is 11.6 Å². The number of carbonyl (C=O) groups is 2. The maximum atomic E-state index is 12.2. The largest absolute Gasteiger partial charge is 0.325 e. The van der Waals surface area contributed by atoms with Gasteiger partial charge < -0.3 is 5.32 Å². The average Bonchev–Trinajstić information content (AvgIpc) is 2.96. The molecule has 2 rings (SSSR count). The Hall–Kier alpha value is -2.15. The van der Waals surface area contributed by atoms with Crippen molar-refractivity contribution in [3.63, 3.8) is 0 Å². The lowest BCUT2D eigenvalue weighted by atomic mass is 10.1. The number of hydrogen-bond acceptors (Lipinski definition) is 4. The third kappa shape index (κ3) is 5.98. The Morgan fingerprint density at radius 2 is 2.04 bits per heavy atom. The summed E-state index contributed by atoms with van der Waals surface area (Å²) in [7, 11) is 0. The van der Waals surface area contributed by atoms with Crippen LogP contribution in [0.15, 0.2) is 43.0 Å². The standard InChI is InChI=1S/C19H22ClN3O2S/c1-4-10-23(11-15-8-9-17(20)26-15)12-18(24)22-19(25)21-16-7-5-6-13(2)14(16)3/h4-9H,1,10-12H2,2-3H3,(H2,21,22,24,25). The Morgan fingerprint density at radius 3 is 2.69 bits per heavy atom. The minimum absolute atomic E-state index is 0.0851. The SMILES string of the molecule is C=CCN(CC(=O)NC(=O)Nc1cccc(C)c1C)Cc1ccc(Cl)s1. The van der Waals surface area contributed by atoms with E-state index in [-0.39, 0.29) is 12.5 Å². The number of anilines is 1. The van der Waals surface area contributed by atoms with Gasteiger partial charge in [0.1, 0.15) is 0 Å². The number of amides is 3. The van der Waals surface area contributed by atoms with Crippen molar-refractivity contribution in [2.24, 2.45) is 0 Å². The van der Waals surface area contributed by atoms with Crippen LogP contribution in [0.3, 0.4) is 0 Å². The zero-order valence-electron chi connectivity index (χ0n) is 14.8. The molecule has 0 aliphatic rings. The predicted molar refractivity (Wildman–Crippen MR) is 108 cm³/mol. The topological polar surface area (TPSA) is 61.4 Å². The maximum absolute atomic E-state index is 12.2. The van der Waals surface area contributed by atoms with E-state index >= 15 is 0 Å². The van der Waals surface area contributed by atoms with Crippen LogP contribution in [0.4, 0.5) is 10.5 Å². The van der Waals surface area contributed by atoms with Gasteiger partial charge in [0.25, 0.3) is 0 Å². The highest BCUT2D eigenvalue weighted by atomic mass is 35.5. The average molecular weight is 392 g/mol. The molecule has 5 nitrogen and oxygen atoms in total. The van der Waals surface area contributed by atoms with Crippen LogP contribution in [0.2, 0.25) is 4.34 Å². The summed E-state index contributed by atoms with van der Waals surface area (Å²) in [5, 5.41) is 5.08. The fraction of sp³-hybridized carbons (Fsp3) is 0.263. The summed E-state index contributed by atoms with van der Waals surface area (Å²) >= 11 is 7.41. The van der Waals surface area contributed by atoms with E-state index in [9.17, 15) is 9.59 Å². The van der Waals surface area contributed by atoms with Gasteiger partial charge >= 0.3 is 6.03 Å². The third-order valence-corrected chi connectivity index (χ3v) is 5.08. The van der Waals surface area contributed by atoms with Crippen molar-refractivity contribution in [2.75, 3.05) is 18.4 Å². The van der Waals surface area contributed by atoms with Gasteiger partial charge in [-0.3, -0.25) is 15.0 Å². The first-order chi connectivity index (χ1) is 12.4. The number of urea groups is 1. The van der Waals surface area contributed by atoms with Gasteiger partial charge in [-0.1, -0.05) is 29.8 Å². The van der Waals surface area contributed by atoms with E-state index in [2.05, 4.69) is 17.2 Å². The smallest absolute Gasteiger partial charge is 0.307 e. The maximum Gasteiger partial charge on any atom is 0.325 e. The minimum atomic E-state index is -0.540. The second-order valence-corrected chi connectivity index (χ2v) is 7.71. The van der Waals surface area contributed by atoms with Crippen LogP contribution in [0.1, 0.15) is 16.0 Å². The van der Waals surface area contributed by atoms with Gasteiger partial charge in [0.15, 0.2) is 0 Å². The molecular formula is C19H22ClN3O2S. The Balaban J connectivity index is 1.91. The molecular weight excluding hydrogens is 370 g/mol. The molecule has 0 radical (unpaired) electrons. The summed E-state index contributed by atoms with van der Waals surface area (Å²) in [6.45, 7) is 8.78. The molecule has 2 aromatic rings. The first-order valence-corrected chi connectivity index (χ1v) is 9.33. The number of benzene rings is 1. The number of thiophene rings is 1. The fourth-order valence-corrected chi connectivity index (χ4v) is 3.56. The van der Waals surface area contributed by atoms with Crippen molar-refractivity contribution in [1.29, 1.82) is 0 Å². The molecule has 0 aliphatic carbocycles. The number of aryl methyl sites for hydroxylation is 1. The monoisotopic (exact) mass is 391 g/mol. The molecule has 1 aromatic heterocycles. The van der Waals surface area contributed by atoms with Crippen LogP contribution in [0.25, 0.3) is 0 Å². The molecule has 0 fully saturated rings. The van der Waals surface area contributed by atoms with E-state index < -0.39 is 6.03 Å². The number of nitrogens with zero attached hydrogens (tertiary/aromatic N) is 1. The lowest BCUT2D eigenvalue weighted by Crippen LogP contribution is -2.41. The van der Waals surface area contributed by atoms with Gasteiger partial charge in [0.2, 0.25) is 5.91 Å². The fourth-order valence-electron chi connectivity index (χ4n) is 2.43. The molecule has 0 unspecified atom stereocenters. The van der Waals surface area contributed by atoms with Crippen molar-refractivity contribution in [1.82, 2.24) is 10.2 Å². The van der Waals surface area contributed by atoms with E-state index in [1.54, 1.807) is 12.1 Å². The van der Waals surface area contributed by atoms with Crippen LogP contribution >= 0.6 is 22.9 Å². The van der Waals surface area contributed by atoms with Gasteiger partial charge in [-0.15, -0.1) is 17.9 Å². The van der Waals surface area contributed by atoms with Gasteiger partial charge in [-0.2, -0.15) is 0 Å². The molecule has 0 bridgehead atoms. The molecule has 26 heavy (non-hydrogen) atoms. The highest BCUT2D eigenvalue weighted by Gasteiger charge is 2.14. The zero-order valence-corrected chi connectivity index (χ0v) is 16.4. The Kier molecular flexibility index (Phi) is 7.38. The zero-order chi connectivity index (χ0) is 19.1. The molecule has 0 spiro atoms. The number of imide groups is 1. The highest BCUT2D eigenvalue weighted by molar-refractivity contribution is 7.16. The van der Waals surface area contributed by atoms with Crippen molar-refractivity contribution in [3.05, 3.63) is 63.3 Å². The lowest BCUT2D eigenvalue weighted by molar-refractivity contribution is -0.121. The first kappa shape index (κ1) is 20.2. The van der Waals surface area contributed by atoms with Crippen LogP contribution in [-0.4, -0.2) is 29.9 Å². The predicted octanol–water partition coefficient (Wildman–Crippen LogP) is 4.35. The van der Waals surface area contributed by atoms with E-state index in [1.807, 2.05) is 43.0 Å². The molecule has 0 saturated carbocycles. The number of carbonyl (C=O) groups excluding carboxylic acids is 2. The number of hydrogen-bond donors (Lipinski definition) is 2. The van der Waals surface area contributed by atoms with Crippen molar-refractivity contribution in [3.8, 4) is 0 Å². The highest BCUT2D eigenvalue weighted by Crippen LogP contribution is 2.22. The Morgan fingerprint density at radius 1 is 1.27 bits per heavy atom. The summed E-state index contributed by atoms with van der Waals surface area (Å²) in [6.07, 6.45) is 1.72. The number of halogens is 1. The van der Waals surface area contributed by atoms with Crippen LogP contribution in [0, 0.1) is 13.8 Å². The summed E-state index contributed by atoms with van der Waals surface area (Å²) in [6, 6.07) is 8.84. The molecule has 138 valence electrons. The second-order valence-electron chi connectivity index (χ2n) is 5.91. The van der Waals surface area contributed by atoms with Gasteiger partial charge in [-0.25, -0.2) is 4.79 Å². The summed E-state index contributed by atoms with van der Waals surface area (Å²) in [5.74, 6) is -0.377.